The van der Waals surface area contributed by atoms with Crippen molar-refractivity contribution >= 4 is 5.91 Å². The number of carbonyl (C=O) groups is 1. The van der Waals surface area contributed by atoms with Crippen LogP contribution in [0.15, 0.2) is 30.5 Å². The first-order chi connectivity index (χ1) is 11.4. The maximum absolute atomic E-state index is 12.1. The molecular formula is C19H25N3O2. The molecule has 1 atom stereocenters. The second kappa shape index (κ2) is 6.67. The molecule has 1 fully saturated rings. The molecular weight excluding hydrogens is 302 g/mol. The average Bonchev–Trinajstić information content (AvgIpc) is 3.13. The summed E-state index contributed by atoms with van der Waals surface area (Å²) < 4.78 is 5.75. The van der Waals surface area contributed by atoms with Gasteiger partial charge in [0.1, 0.15) is 11.6 Å². The van der Waals surface area contributed by atoms with Gasteiger partial charge in [-0.15, -0.1) is 0 Å². The Bertz CT molecular complexity index is 721. The average molecular weight is 327 g/mol. The Hall–Kier alpha value is -2.30. The summed E-state index contributed by atoms with van der Waals surface area (Å²) in [5.74, 6) is 2.08. The van der Waals surface area contributed by atoms with E-state index >= 15 is 0 Å². The molecule has 1 unspecified atom stereocenters. The van der Waals surface area contributed by atoms with Crippen LogP contribution in [0, 0.1) is 0 Å². The molecule has 1 aromatic heterocycles. The first-order valence-electron chi connectivity index (χ1n) is 8.55. The molecule has 1 N–H and O–H groups in total. The second-order valence-corrected chi connectivity index (χ2v) is 6.92. The standard InChI is InChI=1S/C19H25N3O2/c1-12(2)22-11-15(9-18(22)23)19-20-10-17(21-19)14-6-5-7-16(8-14)24-13(3)4/h5-8,10,12-13,15H,9,11H2,1-4H3,(H,20,21). The highest BCUT2D eigenvalue weighted by atomic mass is 16.5. The van der Waals surface area contributed by atoms with Gasteiger partial charge in [0.25, 0.3) is 0 Å². The van der Waals surface area contributed by atoms with Crippen LogP contribution < -0.4 is 4.74 Å². The summed E-state index contributed by atoms with van der Waals surface area (Å²) in [5.41, 5.74) is 1.99. The Labute approximate surface area is 143 Å². The Morgan fingerprint density at radius 2 is 2.08 bits per heavy atom. The number of carbonyl (C=O) groups excluding carboxylic acids is 1. The normalized spacial score (nSPS) is 18.0. The van der Waals surface area contributed by atoms with Crippen LogP contribution in [-0.4, -0.2) is 39.5 Å². The lowest BCUT2D eigenvalue weighted by Crippen LogP contribution is -2.31. The monoisotopic (exact) mass is 327 g/mol. The zero-order valence-electron chi connectivity index (χ0n) is 14.7. The number of hydrogen-bond acceptors (Lipinski definition) is 3. The largest absolute Gasteiger partial charge is 0.491 e. The molecule has 1 aliphatic heterocycles. The van der Waals surface area contributed by atoms with Crippen molar-refractivity contribution in [3.8, 4) is 17.0 Å². The molecule has 1 amide bonds. The lowest BCUT2D eigenvalue weighted by Gasteiger charge is -2.20. The molecule has 0 bridgehead atoms. The van der Waals surface area contributed by atoms with Gasteiger partial charge in [-0.2, -0.15) is 0 Å². The maximum atomic E-state index is 12.1. The van der Waals surface area contributed by atoms with Crippen LogP contribution in [0.2, 0.25) is 0 Å². The molecule has 2 aromatic rings. The number of likely N-dealkylation sites (tertiary alicyclic amines) is 1. The third-order valence-electron chi connectivity index (χ3n) is 4.28. The molecule has 0 saturated carbocycles. The Morgan fingerprint density at radius 1 is 1.29 bits per heavy atom. The first-order valence-corrected chi connectivity index (χ1v) is 8.55. The van der Waals surface area contributed by atoms with E-state index < -0.39 is 0 Å². The third-order valence-corrected chi connectivity index (χ3v) is 4.28. The fourth-order valence-electron chi connectivity index (χ4n) is 3.11. The molecule has 0 aliphatic carbocycles. The van der Waals surface area contributed by atoms with E-state index in [1.807, 2.05) is 63.1 Å². The predicted molar refractivity (Wildman–Crippen MR) is 94.0 cm³/mol. The quantitative estimate of drug-likeness (QED) is 0.913. The molecule has 24 heavy (non-hydrogen) atoms. The second-order valence-electron chi connectivity index (χ2n) is 6.92. The van der Waals surface area contributed by atoms with Crippen molar-refractivity contribution in [2.24, 2.45) is 0 Å². The van der Waals surface area contributed by atoms with E-state index in [0.717, 1.165) is 29.4 Å². The van der Waals surface area contributed by atoms with Gasteiger partial charge in [0.05, 0.1) is 18.0 Å². The van der Waals surface area contributed by atoms with Crippen LogP contribution >= 0.6 is 0 Å². The number of amides is 1. The molecule has 1 aromatic carbocycles. The fourth-order valence-corrected chi connectivity index (χ4v) is 3.11. The minimum atomic E-state index is 0.142. The molecule has 5 heteroatoms. The summed E-state index contributed by atoms with van der Waals surface area (Å²) in [6.07, 6.45) is 2.51. The van der Waals surface area contributed by atoms with Gasteiger partial charge < -0.3 is 14.6 Å². The van der Waals surface area contributed by atoms with Crippen molar-refractivity contribution in [1.29, 1.82) is 0 Å². The number of hydrogen-bond donors (Lipinski definition) is 1. The minimum absolute atomic E-state index is 0.142. The molecule has 3 rings (SSSR count). The van der Waals surface area contributed by atoms with Crippen LogP contribution in [0.4, 0.5) is 0 Å². The summed E-state index contributed by atoms with van der Waals surface area (Å²) in [6, 6.07) is 8.22. The van der Waals surface area contributed by atoms with Crippen LogP contribution in [0.25, 0.3) is 11.3 Å². The summed E-state index contributed by atoms with van der Waals surface area (Å²) in [5, 5.41) is 0. The van der Waals surface area contributed by atoms with Gasteiger partial charge >= 0.3 is 0 Å². The van der Waals surface area contributed by atoms with Crippen LogP contribution in [0.1, 0.15) is 45.9 Å². The van der Waals surface area contributed by atoms with Crippen LogP contribution in [-0.2, 0) is 4.79 Å². The van der Waals surface area contributed by atoms with Crippen molar-refractivity contribution in [2.45, 2.75) is 52.2 Å². The predicted octanol–water partition coefficient (Wildman–Crippen LogP) is 3.59. The van der Waals surface area contributed by atoms with Gasteiger partial charge in [0, 0.05) is 30.5 Å². The summed E-state index contributed by atoms with van der Waals surface area (Å²) in [4.78, 5) is 21.9. The van der Waals surface area contributed by atoms with E-state index in [1.54, 1.807) is 0 Å². The Balaban J connectivity index is 1.78. The number of aromatic nitrogens is 2. The highest BCUT2D eigenvalue weighted by molar-refractivity contribution is 5.79. The molecule has 0 spiro atoms. The van der Waals surface area contributed by atoms with Gasteiger partial charge in [-0.3, -0.25) is 4.79 Å². The van der Waals surface area contributed by atoms with Crippen LogP contribution in [0.3, 0.4) is 0 Å². The number of ether oxygens (including phenoxy) is 1. The lowest BCUT2D eigenvalue weighted by atomic mass is 10.1. The van der Waals surface area contributed by atoms with Gasteiger partial charge in [0.2, 0.25) is 5.91 Å². The van der Waals surface area contributed by atoms with Crippen LogP contribution in [0.5, 0.6) is 5.75 Å². The molecule has 128 valence electrons. The summed E-state index contributed by atoms with van der Waals surface area (Å²) in [6.45, 7) is 8.86. The fraction of sp³-hybridized carbons (Fsp3) is 0.474. The third kappa shape index (κ3) is 3.45. The van der Waals surface area contributed by atoms with Crippen molar-refractivity contribution in [1.82, 2.24) is 14.9 Å². The number of nitrogens with zero attached hydrogens (tertiary/aromatic N) is 2. The van der Waals surface area contributed by atoms with Gasteiger partial charge in [-0.25, -0.2) is 4.98 Å². The SMILES string of the molecule is CC(C)Oc1cccc(-c2cnc(C3CC(=O)N(C(C)C)C3)[nH]2)c1. The summed E-state index contributed by atoms with van der Waals surface area (Å²) >= 11 is 0. The number of H-pyrrole nitrogens is 1. The van der Waals surface area contributed by atoms with Gasteiger partial charge in [-0.1, -0.05) is 12.1 Å². The molecule has 1 aliphatic rings. The van der Waals surface area contributed by atoms with E-state index in [1.165, 1.54) is 0 Å². The zero-order chi connectivity index (χ0) is 17.3. The number of rotatable bonds is 5. The van der Waals surface area contributed by atoms with E-state index in [9.17, 15) is 4.79 Å². The van der Waals surface area contributed by atoms with Crippen molar-refractivity contribution < 1.29 is 9.53 Å². The van der Waals surface area contributed by atoms with Gasteiger partial charge in [0.15, 0.2) is 0 Å². The lowest BCUT2D eigenvalue weighted by molar-refractivity contribution is -0.129. The summed E-state index contributed by atoms with van der Waals surface area (Å²) in [7, 11) is 0. The number of imidazole rings is 1. The molecule has 5 nitrogen and oxygen atoms in total. The first kappa shape index (κ1) is 16.6. The van der Waals surface area contributed by atoms with Gasteiger partial charge in [-0.05, 0) is 39.8 Å². The van der Waals surface area contributed by atoms with E-state index in [-0.39, 0.29) is 24.0 Å². The smallest absolute Gasteiger partial charge is 0.223 e. The number of nitrogens with one attached hydrogen (secondary N) is 1. The topological polar surface area (TPSA) is 58.2 Å². The highest BCUT2D eigenvalue weighted by Crippen LogP contribution is 2.30. The molecule has 2 heterocycles. The van der Waals surface area contributed by atoms with E-state index in [4.69, 9.17) is 4.74 Å². The number of aromatic amines is 1. The van der Waals surface area contributed by atoms with E-state index in [2.05, 4.69) is 9.97 Å². The van der Waals surface area contributed by atoms with E-state index in [0.29, 0.717) is 6.42 Å². The minimum Gasteiger partial charge on any atom is -0.491 e. The number of benzene rings is 1. The van der Waals surface area contributed by atoms with Crippen molar-refractivity contribution in [3.05, 3.63) is 36.3 Å². The Morgan fingerprint density at radius 3 is 2.75 bits per heavy atom. The molecule has 1 saturated heterocycles. The zero-order valence-corrected chi connectivity index (χ0v) is 14.7. The van der Waals surface area contributed by atoms with Crippen molar-refractivity contribution in [3.63, 3.8) is 0 Å². The highest BCUT2D eigenvalue weighted by Gasteiger charge is 2.33. The Kier molecular flexibility index (Phi) is 4.60. The van der Waals surface area contributed by atoms with Crippen molar-refractivity contribution in [2.75, 3.05) is 6.54 Å². The molecule has 0 radical (unpaired) electrons. The maximum Gasteiger partial charge on any atom is 0.223 e.